The van der Waals surface area contributed by atoms with Gasteiger partial charge < -0.3 is 0 Å². The molecule has 0 bridgehead atoms. The minimum absolute atomic E-state index is 0.316. The second kappa shape index (κ2) is 4.52. The van der Waals surface area contributed by atoms with Crippen LogP contribution in [0.25, 0.3) is 0 Å². The maximum atomic E-state index is 9.73. The van der Waals surface area contributed by atoms with Crippen LogP contribution in [-0.2, 0) is 32.5 Å². The molecule has 0 saturated heterocycles. The molecule has 38 valence electrons. The summed E-state index contributed by atoms with van der Waals surface area (Å²) in [5.41, 5.74) is 0. The Hall–Kier alpha value is 0.365. The van der Waals surface area contributed by atoms with Gasteiger partial charge in [0.1, 0.15) is 0 Å². The third kappa shape index (κ3) is 6.37. The monoisotopic (exact) mass is 292 g/mol. The summed E-state index contributed by atoms with van der Waals surface area (Å²) in [4.78, 5) is 9.73. The molecular weight excluding hydrogens is 285 g/mol. The molecule has 0 aromatic heterocycles. The number of hydrogen-bond acceptors (Lipinski definition) is 2. The van der Waals surface area contributed by atoms with Gasteiger partial charge in [0.15, 0.2) is 0 Å². The predicted molar refractivity (Wildman–Crippen MR) is 19.5 cm³/mol. The molecule has 0 aliphatic carbocycles. The number of carboxylic acid groups (broad SMARTS) is 1. The van der Waals surface area contributed by atoms with Crippen molar-refractivity contribution in [3.8, 4) is 0 Å². The van der Waals surface area contributed by atoms with Crippen molar-refractivity contribution >= 4 is 5.97 Å². The zero-order valence-electron chi connectivity index (χ0n) is 4.18. The summed E-state index contributed by atoms with van der Waals surface area (Å²) in [6.07, 6.45) is 0. The molecule has 3 nitrogen and oxygen atoms in total. The van der Waals surface area contributed by atoms with Crippen LogP contribution in [0.15, 0.2) is 0 Å². The Labute approximate surface area is 54.8 Å². The zero-order valence-corrected chi connectivity index (χ0v) is 9.68. The van der Waals surface area contributed by atoms with Crippen LogP contribution in [0.5, 0.6) is 0 Å². The Morgan fingerprint density at radius 1 is 2.00 bits per heavy atom. The van der Waals surface area contributed by atoms with Gasteiger partial charge in [-0.2, -0.15) is 0 Å². The molecule has 0 spiro atoms. The normalized spacial score (nSPS) is 7.57. The standard InChI is InChI=1S/C2H3O2.CH3O.Hg/c1-2(3)4;1-2;/h1H2,(H,3,4);1H3;/q;-1;+1. The van der Waals surface area contributed by atoms with Gasteiger partial charge in [-0.05, 0) is 0 Å². The summed E-state index contributed by atoms with van der Waals surface area (Å²) in [5.74, 6) is -0.719. The van der Waals surface area contributed by atoms with Crippen LogP contribution >= 0.6 is 0 Å². The van der Waals surface area contributed by atoms with Crippen molar-refractivity contribution in [2.75, 3.05) is 7.11 Å². The van der Waals surface area contributed by atoms with Crippen molar-refractivity contribution < 1.29 is 37.6 Å². The first-order valence-corrected chi connectivity index (χ1v) is 8.11. The van der Waals surface area contributed by atoms with E-state index in [9.17, 15) is 4.79 Å². The number of carboxylic acids is 1. The molecule has 7 heavy (non-hydrogen) atoms. The summed E-state index contributed by atoms with van der Waals surface area (Å²) < 4.78 is 5.01. The first kappa shape index (κ1) is 7.37. The van der Waals surface area contributed by atoms with Crippen LogP contribution in [0.4, 0.5) is 0 Å². The molecule has 0 aliphatic heterocycles. The van der Waals surface area contributed by atoms with E-state index >= 15 is 0 Å². The van der Waals surface area contributed by atoms with E-state index in [0.29, 0.717) is 3.93 Å². The Morgan fingerprint density at radius 2 is 2.57 bits per heavy atom. The van der Waals surface area contributed by atoms with Crippen LogP contribution in [0.2, 0.25) is 3.93 Å². The molecule has 0 fully saturated rings. The Morgan fingerprint density at radius 3 is 2.71 bits per heavy atom. The van der Waals surface area contributed by atoms with Crippen LogP contribution in [0, 0.1) is 0 Å². The van der Waals surface area contributed by atoms with E-state index in [1.807, 2.05) is 0 Å². The third-order valence-corrected chi connectivity index (χ3v) is 4.56. The second-order valence-electron chi connectivity index (χ2n) is 1.14. The first-order valence-electron chi connectivity index (χ1n) is 1.98. The fourth-order valence-corrected chi connectivity index (χ4v) is 1.66. The van der Waals surface area contributed by atoms with E-state index < -0.39 is 31.0 Å². The topological polar surface area (TPSA) is 46.5 Å². The maximum absolute atomic E-state index is 9.73. The van der Waals surface area contributed by atoms with Gasteiger partial charge in [0.25, 0.3) is 0 Å². The molecule has 4 heteroatoms. The number of aliphatic carboxylic acids is 1. The fraction of sp³-hybridized carbons (Fsp3) is 0.667. The van der Waals surface area contributed by atoms with Crippen LogP contribution < -0.4 is 0 Å². The van der Waals surface area contributed by atoms with Gasteiger partial charge in [0.2, 0.25) is 0 Å². The Kier molecular flexibility index (Phi) is 4.76. The summed E-state index contributed by atoms with van der Waals surface area (Å²) >= 11 is -1.34. The van der Waals surface area contributed by atoms with Crippen molar-refractivity contribution in [2.24, 2.45) is 0 Å². The van der Waals surface area contributed by atoms with E-state index in [-0.39, 0.29) is 0 Å². The molecular formula is C3H6HgO3. The average molecular weight is 291 g/mol. The van der Waals surface area contributed by atoms with Gasteiger partial charge in [0.05, 0.1) is 0 Å². The van der Waals surface area contributed by atoms with E-state index in [4.69, 9.17) is 7.75 Å². The van der Waals surface area contributed by atoms with Crippen molar-refractivity contribution in [1.82, 2.24) is 0 Å². The average Bonchev–Trinajstić information content (AvgIpc) is 1.61. The molecule has 0 amide bonds. The zero-order chi connectivity index (χ0) is 5.70. The first-order chi connectivity index (χ1) is 3.27. The van der Waals surface area contributed by atoms with Crippen LogP contribution in [-0.4, -0.2) is 18.2 Å². The molecule has 0 rings (SSSR count). The number of hydrogen-bond donors (Lipinski definition) is 1. The van der Waals surface area contributed by atoms with Crippen molar-refractivity contribution in [2.45, 2.75) is 3.93 Å². The van der Waals surface area contributed by atoms with Crippen LogP contribution in [0.3, 0.4) is 0 Å². The van der Waals surface area contributed by atoms with E-state index in [1.165, 1.54) is 0 Å². The van der Waals surface area contributed by atoms with E-state index in [1.54, 1.807) is 7.11 Å². The Bertz CT molecular complexity index is 63.2. The molecule has 0 unspecified atom stereocenters. The summed E-state index contributed by atoms with van der Waals surface area (Å²) in [6, 6.07) is 0. The summed E-state index contributed by atoms with van der Waals surface area (Å²) in [7, 11) is 1.57. The van der Waals surface area contributed by atoms with E-state index in [0.717, 1.165) is 0 Å². The predicted octanol–water partition coefficient (Wildman–Crippen LogP) is 0.133. The fourth-order valence-electron chi connectivity index (χ4n) is 0.189. The van der Waals surface area contributed by atoms with Gasteiger partial charge in [-0.25, -0.2) is 0 Å². The van der Waals surface area contributed by atoms with Gasteiger partial charge >= 0.3 is 54.6 Å². The summed E-state index contributed by atoms with van der Waals surface area (Å²) in [6.45, 7) is 0. The van der Waals surface area contributed by atoms with Gasteiger partial charge in [-0.3, -0.25) is 0 Å². The minimum atomic E-state index is -1.34. The Balaban J connectivity index is 2.82. The van der Waals surface area contributed by atoms with Crippen molar-refractivity contribution in [3.63, 3.8) is 0 Å². The molecule has 0 atom stereocenters. The number of rotatable bonds is 3. The molecule has 0 radical (unpaired) electrons. The SMILES string of the molecule is C[O][Hg][CH2]C(=O)O. The van der Waals surface area contributed by atoms with E-state index in [2.05, 4.69) is 0 Å². The van der Waals surface area contributed by atoms with Crippen LogP contribution in [0.1, 0.15) is 0 Å². The molecule has 0 aromatic rings. The molecule has 0 aliphatic rings. The molecule has 0 aromatic carbocycles. The van der Waals surface area contributed by atoms with Gasteiger partial charge in [-0.15, -0.1) is 0 Å². The number of carbonyl (C=O) groups is 1. The quantitative estimate of drug-likeness (QED) is 0.752. The summed E-state index contributed by atoms with van der Waals surface area (Å²) in [5, 5.41) is 8.02. The molecule has 0 saturated carbocycles. The third-order valence-electron chi connectivity index (χ3n) is 0.520. The molecule has 1 N–H and O–H groups in total. The second-order valence-corrected chi connectivity index (χ2v) is 6.91. The van der Waals surface area contributed by atoms with Gasteiger partial charge in [0, 0.05) is 0 Å². The van der Waals surface area contributed by atoms with Crippen molar-refractivity contribution in [3.05, 3.63) is 0 Å². The van der Waals surface area contributed by atoms with Gasteiger partial charge in [-0.1, -0.05) is 0 Å². The molecule has 0 heterocycles. The van der Waals surface area contributed by atoms with Crippen molar-refractivity contribution in [1.29, 1.82) is 0 Å².